The van der Waals surface area contributed by atoms with Crippen molar-refractivity contribution in [3.05, 3.63) is 58.7 Å². The summed E-state index contributed by atoms with van der Waals surface area (Å²) in [6, 6.07) is 13.3. The van der Waals surface area contributed by atoms with Gasteiger partial charge >= 0.3 is 0 Å². The Morgan fingerprint density at radius 1 is 1.09 bits per heavy atom. The highest BCUT2D eigenvalue weighted by molar-refractivity contribution is 5.75. The van der Waals surface area contributed by atoms with Crippen LogP contribution < -0.4 is 9.64 Å². The molecule has 1 aliphatic carbocycles. The van der Waals surface area contributed by atoms with Crippen LogP contribution in [0.15, 0.2) is 36.4 Å². The van der Waals surface area contributed by atoms with Gasteiger partial charge in [-0.05, 0) is 54.7 Å². The number of anilines is 1. The molecular formula is C20H23NO. The molecule has 2 aliphatic rings. The predicted molar refractivity (Wildman–Crippen MR) is 91.0 cm³/mol. The lowest BCUT2D eigenvalue weighted by Crippen LogP contribution is -2.47. The van der Waals surface area contributed by atoms with Crippen LogP contribution >= 0.6 is 0 Å². The van der Waals surface area contributed by atoms with E-state index in [9.17, 15) is 0 Å². The second-order valence-electron chi connectivity index (χ2n) is 7.14. The number of rotatable bonds is 1. The van der Waals surface area contributed by atoms with Crippen LogP contribution in [0.4, 0.5) is 5.69 Å². The summed E-state index contributed by atoms with van der Waals surface area (Å²) < 4.78 is 5.54. The topological polar surface area (TPSA) is 12.5 Å². The summed E-state index contributed by atoms with van der Waals surface area (Å²) in [4.78, 5) is 2.49. The summed E-state index contributed by atoms with van der Waals surface area (Å²) in [6.07, 6.45) is 1.09. The monoisotopic (exact) mass is 293 g/mol. The summed E-state index contributed by atoms with van der Waals surface area (Å²) in [7, 11) is 4.00. The molecule has 1 aliphatic heterocycles. The Hall–Kier alpha value is -1.96. The van der Waals surface area contributed by atoms with E-state index in [2.05, 4.69) is 69.1 Å². The first kappa shape index (κ1) is 13.7. The van der Waals surface area contributed by atoms with Crippen LogP contribution in [-0.2, 0) is 17.4 Å². The fraction of sp³-hybridized carbons (Fsp3) is 0.400. The summed E-state index contributed by atoms with van der Waals surface area (Å²) in [6.45, 7) is 7.00. The van der Waals surface area contributed by atoms with Gasteiger partial charge in [-0.25, -0.2) is 0 Å². The van der Waals surface area contributed by atoms with Gasteiger partial charge in [0, 0.05) is 18.2 Å². The lowest BCUT2D eigenvalue weighted by molar-refractivity contribution is 0.304. The first-order valence-electron chi connectivity index (χ1n) is 7.95. The van der Waals surface area contributed by atoms with Crippen molar-refractivity contribution in [1.29, 1.82) is 0 Å². The van der Waals surface area contributed by atoms with Crippen molar-refractivity contribution in [2.24, 2.45) is 0 Å². The highest BCUT2D eigenvalue weighted by Crippen LogP contribution is 2.63. The third-order valence-electron chi connectivity index (χ3n) is 6.27. The maximum atomic E-state index is 5.54. The van der Waals surface area contributed by atoms with Crippen LogP contribution in [0.2, 0.25) is 0 Å². The van der Waals surface area contributed by atoms with Gasteiger partial charge in [-0.2, -0.15) is 0 Å². The van der Waals surface area contributed by atoms with Gasteiger partial charge in [-0.15, -0.1) is 0 Å². The molecule has 0 radical (unpaired) electrons. The van der Waals surface area contributed by atoms with Gasteiger partial charge in [0.05, 0.1) is 12.6 Å². The molecule has 2 atom stereocenters. The normalized spacial score (nSPS) is 28.3. The highest BCUT2D eigenvalue weighted by Gasteiger charge is 2.60. The van der Waals surface area contributed by atoms with E-state index in [-0.39, 0.29) is 11.0 Å². The van der Waals surface area contributed by atoms with Gasteiger partial charge in [0.25, 0.3) is 0 Å². The Morgan fingerprint density at radius 3 is 2.55 bits per heavy atom. The number of fused-ring (bicyclic) bond motifs is 5. The van der Waals surface area contributed by atoms with Crippen molar-refractivity contribution in [2.75, 3.05) is 19.1 Å². The van der Waals surface area contributed by atoms with Crippen LogP contribution in [0.25, 0.3) is 0 Å². The van der Waals surface area contributed by atoms with E-state index >= 15 is 0 Å². The molecule has 0 aromatic heterocycles. The standard InChI is InChI=1S/C20H23NO/c1-13-10-15(22-5)11-17-18(13)21(4)20(3)16-9-7-6-8-14(16)12-19(17,20)2/h6-11H,12H2,1-5H3/t19-,20-/m0/s1. The van der Waals surface area contributed by atoms with E-state index in [0.29, 0.717) is 0 Å². The molecule has 4 rings (SSSR count). The van der Waals surface area contributed by atoms with Gasteiger partial charge in [-0.3, -0.25) is 0 Å². The Balaban J connectivity index is 2.03. The van der Waals surface area contributed by atoms with Crippen molar-refractivity contribution in [3.63, 3.8) is 0 Å². The molecule has 22 heavy (non-hydrogen) atoms. The first-order chi connectivity index (χ1) is 10.4. The molecule has 2 nitrogen and oxygen atoms in total. The van der Waals surface area contributed by atoms with E-state index in [0.717, 1.165) is 12.2 Å². The van der Waals surface area contributed by atoms with Gasteiger partial charge in [0.15, 0.2) is 0 Å². The first-order valence-corrected chi connectivity index (χ1v) is 7.95. The summed E-state index contributed by atoms with van der Waals surface area (Å²) in [5.41, 5.74) is 7.13. The molecule has 2 heteroatoms. The van der Waals surface area contributed by atoms with Crippen LogP contribution in [0, 0.1) is 6.92 Å². The van der Waals surface area contributed by atoms with E-state index in [1.165, 1.54) is 27.9 Å². The molecule has 0 fully saturated rings. The fourth-order valence-electron chi connectivity index (χ4n) is 4.86. The van der Waals surface area contributed by atoms with Crippen LogP contribution in [0.5, 0.6) is 5.75 Å². The lowest BCUT2D eigenvalue weighted by atomic mass is 9.70. The quantitative estimate of drug-likeness (QED) is 0.782. The molecule has 1 heterocycles. The second kappa shape index (κ2) is 4.07. The highest BCUT2D eigenvalue weighted by atomic mass is 16.5. The van der Waals surface area contributed by atoms with Gasteiger partial charge in [-0.1, -0.05) is 31.2 Å². The predicted octanol–water partition coefficient (Wildman–Crippen LogP) is 4.18. The maximum Gasteiger partial charge on any atom is 0.119 e. The Labute approximate surface area is 132 Å². The van der Waals surface area contributed by atoms with Crippen LogP contribution in [0.1, 0.15) is 36.1 Å². The minimum absolute atomic E-state index is 0.00303. The third-order valence-corrected chi connectivity index (χ3v) is 6.27. The van der Waals surface area contributed by atoms with E-state index < -0.39 is 0 Å². The molecule has 0 saturated carbocycles. The Bertz CT molecular complexity index is 781. The second-order valence-corrected chi connectivity index (χ2v) is 7.14. The minimum atomic E-state index is 0.00303. The number of nitrogens with zero attached hydrogens (tertiary/aromatic N) is 1. The molecular weight excluding hydrogens is 270 g/mol. The van der Waals surface area contributed by atoms with E-state index in [4.69, 9.17) is 4.74 Å². The molecule has 0 amide bonds. The average molecular weight is 293 g/mol. The summed E-state index contributed by atoms with van der Waals surface area (Å²) in [5, 5.41) is 0. The molecule has 0 bridgehead atoms. The number of ether oxygens (including phenoxy) is 1. The fourth-order valence-corrected chi connectivity index (χ4v) is 4.86. The van der Waals surface area contributed by atoms with Gasteiger partial charge in [0.2, 0.25) is 0 Å². The van der Waals surface area contributed by atoms with Gasteiger partial charge in [0.1, 0.15) is 5.75 Å². The summed E-state index contributed by atoms with van der Waals surface area (Å²) in [5.74, 6) is 0.964. The SMILES string of the molecule is COc1cc(C)c2c(c1)[C@]1(C)Cc3ccccc3[C@]1(C)N2C. The largest absolute Gasteiger partial charge is 0.497 e. The van der Waals surface area contributed by atoms with Crippen molar-refractivity contribution in [3.8, 4) is 5.75 Å². The molecule has 2 aromatic rings. The van der Waals surface area contributed by atoms with Crippen molar-refractivity contribution in [1.82, 2.24) is 0 Å². The molecule has 0 spiro atoms. The molecule has 0 saturated heterocycles. The smallest absolute Gasteiger partial charge is 0.119 e. The van der Waals surface area contributed by atoms with E-state index in [1.54, 1.807) is 7.11 Å². The lowest BCUT2D eigenvalue weighted by Gasteiger charge is -2.41. The molecule has 0 unspecified atom stereocenters. The number of likely N-dealkylation sites (N-methyl/N-ethyl adjacent to an activating group) is 1. The minimum Gasteiger partial charge on any atom is -0.497 e. The van der Waals surface area contributed by atoms with Crippen molar-refractivity contribution >= 4 is 5.69 Å². The Morgan fingerprint density at radius 2 is 1.82 bits per heavy atom. The Kier molecular flexibility index (Phi) is 2.53. The summed E-state index contributed by atoms with van der Waals surface area (Å²) >= 11 is 0. The third kappa shape index (κ3) is 1.32. The average Bonchev–Trinajstić information content (AvgIpc) is 2.84. The number of aryl methyl sites for hydroxylation is 1. The number of methoxy groups -OCH3 is 1. The molecule has 114 valence electrons. The number of benzene rings is 2. The zero-order valence-corrected chi connectivity index (χ0v) is 14.0. The van der Waals surface area contributed by atoms with E-state index in [1.807, 2.05) is 0 Å². The van der Waals surface area contributed by atoms with Gasteiger partial charge < -0.3 is 9.64 Å². The van der Waals surface area contributed by atoms with Crippen LogP contribution in [-0.4, -0.2) is 14.2 Å². The zero-order valence-electron chi connectivity index (χ0n) is 14.0. The maximum absolute atomic E-state index is 5.54. The van der Waals surface area contributed by atoms with Crippen molar-refractivity contribution < 1.29 is 4.74 Å². The van der Waals surface area contributed by atoms with Crippen molar-refractivity contribution in [2.45, 2.75) is 38.1 Å². The zero-order chi connectivity index (χ0) is 15.7. The molecule has 0 N–H and O–H groups in total. The van der Waals surface area contributed by atoms with Crippen LogP contribution in [0.3, 0.4) is 0 Å². The molecule has 2 aromatic carbocycles. The number of hydrogen-bond donors (Lipinski definition) is 0. The number of hydrogen-bond acceptors (Lipinski definition) is 2.